The fourth-order valence-corrected chi connectivity index (χ4v) is 6.22. The van der Waals surface area contributed by atoms with E-state index in [0.29, 0.717) is 15.6 Å². The van der Waals surface area contributed by atoms with E-state index in [0.717, 1.165) is 4.31 Å². The van der Waals surface area contributed by atoms with Gasteiger partial charge in [0.05, 0.1) is 10.6 Å². The number of carbonyl (C=O) groups excluding carboxylic acids is 2. The fourth-order valence-electron chi connectivity index (χ4n) is 3.77. The second-order valence-electron chi connectivity index (χ2n) is 9.01. The van der Waals surface area contributed by atoms with E-state index in [9.17, 15) is 18.0 Å². The average molecular weight is 631 g/mol. The second-order valence-corrected chi connectivity index (χ2v) is 12.6. The van der Waals surface area contributed by atoms with Crippen molar-refractivity contribution in [1.82, 2.24) is 10.2 Å². The molecule has 0 heterocycles. The number of rotatable bonds is 10. The van der Waals surface area contributed by atoms with Gasteiger partial charge in [-0.15, -0.1) is 0 Å². The lowest BCUT2D eigenvalue weighted by atomic mass is 10.1. The quantitative estimate of drug-likeness (QED) is 0.279. The van der Waals surface area contributed by atoms with Gasteiger partial charge in [-0.05, 0) is 63.2 Å². The van der Waals surface area contributed by atoms with Crippen molar-refractivity contribution < 1.29 is 18.0 Å². The predicted molar refractivity (Wildman–Crippen MR) is 157 cm³/mol. The van der Waals surface area contributed by atoms with E-state index in [4.69, 9.17) is 46.4 Å². The van der Waals surface area contributed by atoms with Gasteiger partial charge < -0.3 is 10.2 Å². The molecule has 0 bridgehead atoms. The minimum Gasteiger partial charge on any atom is -0.352 e. The van der Waals surface area contributed by atoms with Crippen LogP contribution < -0.4 is 9.62 Å². The first-order valence-electron chi connectivity index (χ1n) is 11.9. The molecule has 3 aromatic rings. The van der Waals surface area contributed by atoms with Gasteiger partial charge in [-0.3, -0.25) is 13.9 Å². The van der Waals surface area contributed by atoms with Crippen LogP contribution in [0.5, 0.6) is 0 Å². The largest absolute Gasteiger partial charge is 0.352 e. The molecule has 0 radical (unpaired) electrons. The summed E-state index contributed by atoms with van der Waals surface area (Å²) in [4.78, 5) is 28.1. The van der Waals surface area contributed by atoms with Crippen molar-refractivity contribution in [2.24, 2.45) is 0 Å². The molecular formula is C27H27Cl4N3O4S. The van der Waals surface area contributed by atoms with Crippen LogP contribution in [0.25, 0.3) is 0 Å². The van der Waals surface area contributed by atoms with Crippen molar-refractivity contribution in [3.63, 3.8) is 0 Å². The van der Waals surface area contributed by atoms with Crippen LogP contribution in [0.2, 0.25) is 20.1 Å². The first kappa shape index (κ1) is 31.0. The Morgan fingerprint density at radius 2 is 1.41 bits per heavy atom. The zero-order valence-electron chi connectivity index (χ0n) is 21.4. The number of nitrogens with one attached hydrogen (secondary N) is 1. The van der Waals surface area contributed by atoms with Crippen molar-refractivity contribution in [3.05, 3.63) is 92.4 Å². The van der Waals surface area contributed by atoms with Gasteiger partial charge in [0, 0.05) is 38.2 Å². The lowest BCUT2D eigenvalue weighted by molar-refractivity contribution is -0.139. The molecule has 0 unspecified atom stereocenters. The molecule has 39 heavy (non-hydrogen) atoms. The standard InChI is InChI=1S/C27H27Cl4N3O4S/c1-17(2)32-27(36)18(3)33(15-23-24(30)10-7-11-25(23)31)26(35)16-34(21-13-19(28)12-20(29)14-21)39(37,38)22-8-5-4-6-9-22/h4-14,17-18H,15-16H2,1-3H3,(H,32,36)/t18-/m1/s1. The molecule has 2 amide bonds. The number of amides is 2. The van der Waals surface area contributed by atoms with Crippen molar-refractivity contribution in [2.75, 3.05) is 10.8 Å². The van der Waals surface area contributed by atoms with Crippen molar-refractivity contribution in [1.29, 1.82) is 0 Å². The molecule has 1 atom stereocenters. The molecule has 12 heteroatoms. The van der Waals surface area contributed by atoms with E-state index in [1.54, 1.807) is 57.2 Å². The van der Waals surface area contributed by atoms with E-state index < -0.39 is 34.4 Å². The number of halogens is 4. The smallest absolute Gasteiger partial charge is 0.264 e. The monoisotopic (exact) mass is 629 g/mol. The summed E-state index contributed by atoms with van der Waals surface area (Å²) in [5.41, 5.74) is 0.501. The molecule has 0 aliphatic heterocycles. The predicted octanol–water partition coefficient (Wildman–Crippen LogP) is 6.44. The van der Waals surface area contributed by atoms with Crippen molar-refractivity contribution in [3.8, 4) is 0 Å². The fraction of sp³-hybridized carbons (Fsp3) is 0.259. The topological polar surface area (TPSA) is 86.8 Å². The summed E-state index contributed by atoms with van der Waals surface area (Å²) < 4.78 is 28.5. The molecule has 0 saturated carbocycles. The molecule has 0 aliphatic rings. The van der Waals surface area contributed by atoms with Gasteiger partial charge in [0.2, 0.25) is 11.8 Å². The number of hydrogen-bond acceptors (Lipinski definition) is 4. The maximum atomic E-state index is 13.9. The first-order valence-corrected chi connectivity index (χ1v) is 14.8. The Morgan fingerprint density at radius 1 is 0.846 bits per heavy atom. The summed E-state index contributed by atoms with van der Waals surface area (Å²) in [6.45, 7) is 4.33. The average Bonchev–Trinajstić information content (AvgIpc) is 2.86. The summed E-state index contributed by atoms with van der Waals surface area (Å²) in [5, 5.41) is 3.75. The maximum absolute atomic E-state index is 13.9. The summed E-state index contributed by atoms with van der Waals surface area (Å²) in [6, 6.07) is 15.6. The Morgan fingerprint density at radius 3 is 1.95 bits per heavy atom. The normalized spacial score (nSPS) is 12.2. The SMILES string of the molecule is CC(C)NC(=O)[C@@H](C)N(Cc1c(Cl)cccc1Cl)C(=O)CN(c1cc(Cl)cc(Cl)c1)S(=O)(=O)c1ccccc1. The summed E-state index contributed by atoms with van der Waals surface area (Å²) in [6.07, 6.45) is 0. The minimum atomic E-state index is -4.25. The number of anilines is 1. The highest BCUT2D eigenvalue weighted by Gasteiger charge is 2.33. The number of nitrogens with zero attached hydrogens (tertiary/aromatic N) is 2. The van der Waals surface area contributed by atoms with E-state index in [1.165, 1.54) is 35.2 Å². The Kier molecular flexibility index (Phi) is 10.5. The molecule has 0 saturated heterocycles. The molecule has 0 spiro atoms. The molecule has 1 N–H and O–H groups in total. The van der Waals surface area contributed by atoms with E-state index >= 15 is 0 Å². The second kappa shape index (κ2) is 13.2. The Labute approximate surface area is 248 Å². The van der Waals surface area contributed by atoms with Crippen LogP contribution in [-0.2, 0) is 26.2 Å². The highest BCUT2D eigenvalue weighted by Crippen LogP contribution is 2.31. The van der Waals surface area contributed by atoms with Crippen LogP contribution >= 0.6 is 46.4 Å². The third-order valence-electron chi connectivity index (χ3n) is 5.73. The van der Waals surface area contributed by atoms with Crippen molar-refractivity contribution in [2.45, 2.75) is 44.3 Å². The first-order chi connectivity index (χ1) is 18.3. The summed E-state index contributed by atoms with van der Waals surface area (Å²) >= 11 is 25.1. The lowest BCUT2D eigenvalue weighted by Gasteiger charge is -2.32. The third-order valence-corrected chi connectivity index (χ3v) is 8.67. The summed E-state index contributed by atoms with van der Waals surface area (Å²) in [7, 11) is -4.25. The van der Waals surface area contributed by atoms with Crippen LogP contribution in [0.1, 0.15) is 26.3 Å². The highest BCUT2D eigenvalue weighted by atomic mass is 35.5. The van der Waals surface area contributed by atoms with Crippen molar-refractivity contribution >= 4 is 73.9 Å². The van der Waals surface area contributed by atoms with Crippen LogP contribution in [0.4, 0.5) is 5.69 Å². The van der Waals surface area contributed by atoms with E-state index in [-0.39, 0.29) is 33.2 Å². The van der Waals surface area contributed by atoms with Crippen LogP contribution in [0.3, 0.4) is 0 Å². The Bertz CT molecular complexity index is 1410. The molecular weight excluding hydrogens is 604 g/mol. The molecule has 0 aliphatic carbocycles. The number of benzene rings is 3. The lowest BCUT2D eigenvalue weighted by Crippen LogP contribution is -2.52. The molecule has 0 aromatic heterocycles. The maximum Gasteiger partial charge on any atom is 0.264 e. The van der Waals surface area contributed by atoms with E-state index in [1.807, 2.05) is 0 Å². The number of carbonyl (C=O) groups is 2. The van der Waals surface area contributed by atoms with Gasteiger partial charge in [-0.25, -0.2) is 8.42 Å². The van der Waals surface area contributed by atoms with Gasteiger partial charge in [-0.2, -0.15) is 0 Å². The zero-order chi connectivity index (χ0) is 28.9. The molecule has 3 aromatic carbocycles. The third kappa shape index (κ3) is 7.80. The van der Waals surface area contributed by atoms with Gasteiger partial charge in [0.15, 0.2) is 0 Å². The van der Waals surface area contributed by atoms with Gasteiger partial charge >= 0.3 is 0 Å². The number of hydrogen-bond donors (Lipinski definition) is 1. The highest BCUT2D eigenvalue weighted by molar-refractivity contribution is 7.92. The minimum absolute atomic E-state index is 0.0415. The molecule has 0 fully saturated rings. The van der Waals surface area contributed by atoms with Crippen LogP contribution in [-0.4, -0.2) is 43.8 Å². The Balaban J connectivity index is 2.09. The van der Waals surface area contributed by atoms with Gasteiger partial charge in [0.25, 0.3) is 10.0 Å². The van der Waals surface area contributed by atoms with E-state index in [2.05, 4.69) is 5.32 Å². The summed E-state index contributed by atoms with van der Waals surface area (Å²) in [5.74, 6) is -1.10. The Hall–Kier alpha value is -2.49. The number of sulfonamides is 1. The van der Waals surface area contributed by atoms with Crippen LogP contribution in [0, 0.1) is 0 Å². The molecule has 3 rings (SSSR count). The van der Waals surface area contributed by atoms with Gasteiger partial charge in [0.1, 0.15) is 12.6 Å². The van der Waals surface area contributed by atoms with Crippen LogP contribution in [0.15, 0.2) is 71.6 Å². The molecule has 7 nitrogen and oxygen atoms in total. The zero-order valence-corrected chi connectivity index (χ0v) is 25.2. The van der Waals surface area contributed by atoms with Gasteiger partial charge in [-0.1, -0.05) is 70.7 Å². The molecule has 208 valence electrons.